The molecule has 1 aliphatic rings. The third kappa shape index (κ3) is 4.85. The Morgan fingerprint density at radius 3 is 2.47 bits per heavy atom. The van der Waals surface area contributed by atoms with Crippen molar-refractivity contribution in [2.75, 3.05) is 6.61 Å². The van der Waals surface area contributed by atoms with Crippen molar-refractivity contribution in [1.82, 2.24) is 5.32 Å². The summed E-state index contributed by atoms with van der Waals surface area (Å²) in [4.78, 5) is 11.5. The fourth-order valence-electron chi connectivity index (χ4n) is 1.97. The Kier molecular flexibility index (Phi) is 7.79. The van der Waals surface area contributed by atoms with Crippen molar-refractivity contribution in [3.63, 3.8) is 0 Å². The van der Waals surface area contributed by atoms with Gasteiger partial charge in [-0.1, -0.05) is 19.8 Å². The number of ether oxygens (including phenoxy) is 1. The Labute approximate surface area is 98.4 Å². The summed E-state index contributed by atoms with van der Waals surface area (Å²) in [7, 11) is 0. The lowest BCUT2D eigenvalue weighted by atomic mass is 10.1. The predicted octanol–water partition coefficient (Wildman–Crippen LogP) is 2.28. The summed E-state index contributed by atoms with van der Waals surface area (Å²) in [5, 5.41) is 3.38. The van der Waals surface area contributed by atoms with Gasteiger partial charge in [0.05, 0.1) is 6.61 Å². The predicted molar refractivity (Wildman–Crippen MR) is 63.4 cm³/mol. The number of hydrogen-bond acceptors (Lipinski definition) is 3. The number of rotatable bonds is 5. The smallest absolute Gasteiger partial charge is 0.323 e. The minimum Gasteiger partial charge on any atom is -0.465 e. The number of nitrogens with one attached hydrogen (secondary N) is 1. The van der Waals surface area contributed by atoms with E-state index in [4.69, 9.17) is 4.74 Å². The van der Waals surface area contributed by atoms with Gasteiger partial charge in [-0.15, -0.1) is 12.4 Å². The quantitative estimate of drug-likeness (QED) is 0.743. The molecule has 0 aliphatic heterocycles. The third-order valence-corrected chi connectivity index (χ3v) is 2.77. The minimum absolute atomic E-state index is 0. The van der Waals surface area contributed by atoms with Gasteiger partial charge < -0.3 is 10.1 Å². The zero-order valence-corrected chi connectivity index (χ0v) is 10.4. The first kappa shape index (κ1) is 14.7. The zero-order chi connectivity index (χ0) is 10.4. The Morgan fingerprint density at radius 1 is 1.40 bits per heavy atom. The molecule has 15 heavy (non-hydrogen) atoms. The lowest BCUT2D eigenvalue weighted by Crippen LogP contribution is -2.42. The highest BCUT2D eigenvalue weighted by Crippen LogP contribution is 2.18. The van der Waals surface area contributed by atoms with Crippen LogP contribution in [0.4, 0.5) is 0 Å². The number of esters is 1. The molecule has 0 aromatic heterocycles. The molecule has 1 atom stereocenters. The van der Waals surface area contributed by atoms with Gasteiger partial charge >= 0.3 is 5.97 Å². The molecule has 0 amide bonds. The summed E-state index contributed by atoms with van der Waals surface area (Å²) in [5.41, 5.74) is 0. The highest BCUT2D eigenvalue weighted by atomic mass is 35.5. The van der Waals surface area contributed by atoms with Crippen molar-refractivity contribution < 1.29 is 9.53 Å². The molecule has 1 N–H and O–H groups in total. The van der Waals surface area contributed by atoms with Crippen molar-refractivity contribution in [3.8, 4) is 0 Å². The average Bonchev–Trinajstić information content (AvgIpc) is 2.66. The number of carbonyl (C=O) groups excluding carboxylic acids is 1. The summed E-state index contributed by atoms with van der Waals surface area (Å²) < 4.78 is 5.00. The number of halogens is 1. The molecule has 1 fully saturated rings. The Balaban J connectivity index is 0.00000196. The standard InChI is InChI=1S/C11H21NO2.ClH/c1-3-10(11(13)14-4-2)12-9-7-5-6-8-9;/h9-10,12H,3-8H2,1-2H3;1H/t10-;/m1./s1. The molecule has 3 nitrogen and oxygen atoms in total. The summed E-state index contributed by atoms with van der Waals surface area (Å²) >= 11 is 0. The van der Waals surface area contributed by atoms with E-state index in [2.05, 4.69) is 5.32 Å². The van der Waals surface area contributed by atoms with Crippen LogP contribution in [0.15, 0.2) is 0 Å². The molecule has 90 valence electrons. The van der Waals surface area contributed by atoms with Crippen LogP contribution in [0.25, 0.3) is 0 Å². The minimum atomic E-state index is -0.0990. The lowest BCUT2D eigenvalue weighted by molar-refractivity contribution is -0.146. The maximum Gasteiger partial charge on any atom is 0.323 e. The van der Waals surface area contributed by atoms with Crippen molar-refractivity contribution >= 4 is 18.4 Å². The van der Waals surface area contributed by atoms with Crippen LogP contribution in [0.5, 0.6) is 0 Å². The lowest BCUT2D eigenvalue weighted by Gasteiger charge is -2.19. The van der Waals surface area contributed by atoms with Crippen molar-refractivity contribution in [2.24, 2.45) is 0 Å². The first-order valence-corrected chi connectivity index (χ1v) is 5.70. The van der Waals surface area contributed by atoms with Gasteiger partial charge in [0.2, 0.25) is 0 Å². The van der Waals surface area contributed by atoms with Crippen molar-refractivity contribution in [2.45, 2.75) is 58.0 Å². The second kappa shape index (κ2) is 7.94. The maximum atomic E-state index is 11.5. The number of carbonyl (C=O) groups is 1. The second-order valence-corrected chi connectivity index (χ2v) is 3.86. The summed E-state index contributed by atoms with van der Waals surface area (Å²) in [6, 6.07) is 0.433. The van der Waals surface area contributed by atoms with E-state index in [1.807, 2.05) is 13.8 Å². The molecule has 0 heterocycles. The van der Waals surface area contributed by atoms with E-state index in [1.54, 1.807) is 0 Å². The molecule has 0 radical (unpaired) electrons. The summed E-state index contributed by atoms with van der Waals surface area (Å²) in [6.45, 7) is 4.34. The molecule has 0 aromatic carbocycles. The van der Waals surface area contributed by atoms with E-state index >= 15 is 0 Å². The Bertz CT molecular complexity index is 181. The van der Waals surface area contributed by atoms with Crippen LogP contribution in [-0.4, -0.2) is 24.7 Å². The van der Waals surface area contributed by atoms with Gasteiger partial charge in [-0.3, -0.25) is 4.79 Å². The van der Waals surface area contributed by atoms with E-state index in [1.165, 1.54) is 25.7 Å². The second-order valence-electron chi connectivity index (χ2n) is 3.86. The van der Waals surface area contributed by atoms with Crippen LogP contribution in [0.3, 0.4) is 0 Å². The van der Waals surface area contributed by atoms with Gasteiger partial charge in [0, 0.05) is 6.04 Å². The fraction of sp³-hybridized carbons (Fsp3) is 0.909. The zero-order valence-electron chi connectivity index (χ0n) is 9.62. The van der Waals surface area contributed by atoms with Gasteiger partial charge in [0.15, 0.2) is 0 Å². The van der Waals surface area contributed by atoms with Crippen LogP contribution >= 0.6 is 12.4 Å². The fourth-order valence-corrected chi connectivity index (χ4v) is 1.97. The molecular weight excluding hydrogens is 214 g/mol. The normalized spacial score (nSPS) is 18.3. The van der Waals surface area contributed by atoms with Gasteiger partial charge in [-0.25, -0.2) is 0 Å². The van der Waals surface area contributed by atoms with E-state index in [0.29, 0.717) is 12.6 Å². The molecular formula is C11H22ClNO2. The Hall–Kier alpha value is -0.280. The third-order valence-electron chi connectivity index (χ3n) is 2.77. The average molecular weight is 236 g/mol. The van der Waals surface area contributed by atoms with E-state index in [0.717, 1.165) is 6.42 Å². The monoisotopic (exact) mass is 235 g/mol. The highest BCUT2D eigenvalue weighted by Gasteiger charge is 2.23. The topological polar surface area (TPSA) is 38.3 Å². The van der Waals surface area contributed by atoms with E-state index in [9.17, 15) is 4.79 Å². The van der Waals surface area contributed by atoms with E-state index in [-0.39, 0.29) is 24.4 Å². The Morgan fingerprint density at radius 2 is 2.00 bits per heavy atom. The first-order valence-electron chi connectivity index (χ1n) is 5.70. The van der Waals surface area contributed by atoms with Crippen LogP contribution in [-0.2, 0) is 9.53 Å². The molecule has 0 spiro atoms. The molecule has 1 saturated carbocycles. The molecule has 0 unspecified atom stereocenters. The van der Waals surface area contributed by atoms with Crippen molar-refractivity contribution in [3.05, 3.63) is 0 Å². The molecule has 0 aromatic rings. The molecule has 0 saturated heterocycles. The molecule has 1 rings (SSSR count). The summed E-state index contributed by atoms with van der Waals surface area (Å²) in [5.74, 6) is -0.0955. The van der Waals surface area contributed by atoms with Gasteiger partial charge in [0.25, 0.3) is 0 Å². The van der Waals surface area contributed by atoms with Gasteiger partial charge in [0.1, 0.15) is 6.04 Å². The van der Waals surface area contributed by atoms with Crippen molar-refractivity contribution in [1.29, 1.82) is 0 Å². The van der Waals surface area contributed by atoms with Gasteiger partial charge in [-0.2, -0.15) is 0 Å². The molecule has 1 aliphatic carbocycles. The van der Waals surface area contributed by atoms with Crippen LogP contribution in [0.2, 0.25) is 0 Å². The molecule has 0 bridgehead atoms. The largest absolute Gasteiger partial charge is 0.465 e. The van der Waals surface area contributed by atoms with Gasteiger partial charge in [-0.05, 0) is 26.2 Å². The SMILES string of the molecule is CCOC(=O)[C@@H](CC)NC1CCCC1.Cl. The van der Waals surface area contributed by atoms with Crippen LogP contribution in [0.1, 0.15) is 46.0 Å². The van der Waals surface area contributed by atoms with Crippen LogP contribution in [0, 0.1) is 0 Å². The molecule has 4 heteroatoms. The first-order chi connectivity index (χ1) is 6.77. The highest BCUT2D eigenvalue weighted by molar-refractivity contribution is 5.85. The van der Waals surface area contributed by atoms with E-state index < -0.39 is 0 Å². The number of hydrogen-bond donors (Lipinski definition) is 1. The van der Waals surface area contributed by atoms with Crippen LogP contribution < -0.4 is 5.32 Å². The maximum absolute atomic E-state index is 11.5. The summed E-state index contributed by atoms with van der Waals surface area (Å²) in [6.07, 6.45) is 5.80.